The van der Waals surface area contributed by atoms with Crippen LogP contribution in [0.5, 0.6) is 0 Å². The van der Waals surface area contributed by atoms with Crippen molar-refractivity contribution in [3.05, 3.63) is 30.3 Å². The number of aliphatic imine (C=N–C) groups is 1. The minimum absolute atomic E-state index is 0.585. The monoisotopic (exact) mass is 221 g/mol. The molecular formula is C10H12N3OP. The van der Waals surface area contributed by atoms with Gasteiger partial charge in [0.05, 0.1) is 0 Å². The molecule has 0 radical (unpaired) electrons. The first-order valence-electron chi connectivity index (χ1n) is 4.63. The van der Waals surface area contributed by atoms with Crippen LogP contribution in [-0.4, -0.2) is 16.6 Å². The van der Waals surface area contributed by atoms with Gasteiger partial charge in [0.15, 0.2) is 0 Å². The molecular weight excluding hydrogens is 209 g/mol. The van der Waals surface area contributed by atoms with E-state index < -0.39 is 7.43 Å². The molecule has 1 aromatic rings. The van der Waals surface area contributed by atoms with Crippen molar-refractivity contribution < 1.29 is 4.89 Å². The SMILES string of the molecule is CC1=NC(C)=NP(O)(c2ccccc2)=N1. The van der Waals surface area contributed by atoms with E-state index in [9.17, 15) is 4.89 Å². The zero-order chi connectivity index (χ0) is 10.9. The van der Waals surface area contributed by atoms with E-state index in [1.807, 2.05) is 30.3 Å². The van der Waals surface area contributed by atoms with Crippen LogP contribution in [-0.2, 0) is 0 Å². The second-order valence-electron chi connectivity index (χ2n) is 3.31. The van der Waals surface area contributed by atoms with Gasteiger partial charge in [-0.1, -0.05) is 18.2 Å². The Labute approximate surface area is 88.6 Å². The van der Waals surface area contributed by atoms with E-state index in [1.54, 1.807) is 13.8 Å². The Morgan fingerprint density at radius 1 is 1.07 bits per heavy atom. The third kappa shape index (κ3) is 2.06. The number of hydrogen-bond acceptors (Lipinski definition) is 3. The van der Waals surface area contributed by atoms with Crippen molar-refractivity contribution in [3.8, 4) is 0 Å². The molecule has 0 saturated heterocycles. The molecule has 4 nitrogen and oxygen atoms in total. The Balaban J connectivity index is 2.59. The van der Waals surface area contributed by atoms with Gasteiger partial charge in [0.1, 0.15) is 11.7 Å². The first-order chi connectivity index (χ1) is 7.10. The summed E-state index contributed by atoms with van der Waals surface area (Å²) in [4.78, 5) is 14.4. The Morgan fingerprint density at radius 3 is 2.33 bits per heavy atom. The average Bonchev–Trinajstić information content (AvgIpc) is 2.17. The fourth-order valence-corrected chi connectivity index (χ4v) is 3.19. The molecule has 1 heterocycles. The first kappa shape index (κ1) is 10.3. The maximum atomic E-state index is 10.4. The van der Waals surface area contributed by atoms with Gasteiger partial charge < -0.3 is 4.89 Å². The second-order valence-corrected chi connectivity index (χ2v) is 5.36. The van der Waals surface area contributed by atoms with Gasteiger partial charge in [-0.2, -0.15) is 0 Å². The molecule has 1 aromatic carbocycles. The molecule has 0 aromatic heterocycles. The molecule has 15 heavy (non-hydrogen) atoms. The minimum atomic E-state index is -2.75. The van der Waals surface area contributed by atoms with Crippen LogP contribution in [0.4, 0.5) is 0 Å². The third-order valence-electron chi connectivity index (χ3n) is 1.99. The molecule has 5 heteroatoms. The normalized spacial score (nSPS) is 25.3. The predicted octanol–water partition coefficient (Wildman–Crippen LogP) is 2.19. The zero-order valence-corrected chi connectivity index (χ0v) is 9.52. The van der Waals surface area contributed by atoms with Crippen molar-refractivity contribution in [1.29, 1.82) is 0 Å². The number of rotatable bonds is 1. The summed E-state index contributed by atoms with van der Waals surface area (Å²) in [6.45, 7) is 3.54. The molecule has 0 saturated carbocycles. The molecule has 0 aliphatic carbocycles. The molecule has 1 aliphatic heterocycles. The van der Waals surface area contributed by atoms with Crippen molar-refractivity contribution in [3.63, 3.8) is 0 Å². The highest BCUT2D eigenvalue weighted by atomic mass is 31.2. The van der Waals surface area contributed by atoms with Crippen LogP contribution in [0, 0.1) is 0 Å². The molecule has 2 rings (SSSR count). The van der Waals surface area contributed by atoms with Crippen LogP contribution in [0.2, 0.25) is 0 Å². The van der Waals surface area contributed by atoms with E-state index in [4.69, 9.17) is 0 Å². The molecule has 0 amide bonds. The lowest BCUT2D eigenvalue weighted by molar-refractivity contribution is 0.624. The summed E-state index contributed by atoms with van der Waals surface area (Å²) >= 11 is 0. The molecule has 0 spiro atoms. The van der Waals surface area contributed by atoms with Crippen molar-refractivity contribution in [2.45, 2.75) is 13.8 Å². The highest BCUT2D eigenvalue weighted by Crippen LogP contribution is 2.47. The van der Waals surface area contributed by atoms with E-state index in [2.05, 4.69) is 14.5 Å². The average molecular weight is 221 g/mol. The summed E-state index contributed by atoms with van der Waals surface area (Å²) in [5, 5.41) is 0.763. The van der Waals surface area contributed by atoms with Crippen LogP contribution in [0.15, 0.2) is 44.8 Å². The van der Waals surface area contributed by atoms with Crippen LogP contribution in [0.25, 0.3) is 0 Å². The van der Waals surface area contributed by atoms with Crippen molar-refractivity contribution in [2.24, 2.45) is 14.5 Å². The fourth-order valence-electron chi connectivity index (χ4n) is 1.45. The molecule has 0 fully saturated rings. The first-order valence-corrected chi connectivity index (χ1v) is 6.28. The number of amidine groups is 2. The lowest BCUT2D eigenvalue weighted by Crippen LogP contribution is -2.08. The van der Waals surface area contributed by atoms with E-state index in [1.165, 1.54) is 0 Å². The number of benzene rings is 1. The van der Waals surface area contributed by atoms with Crippen molar-refractivity contribution in [2.75, 3.05) is 0 Å². The lowest BCUT2D eigenvalue weighted by Gasteiger charge is -2.16. The van der Waals surface area contributed by atoms with E-state index >= 15 is 0 Å². The maximum Gasteiger partial charge on any atom is 0.233 e. The standard InChI is InChI=1S/C10H12N3OP/c1-8-11-9(2)13-15(14,12-8)10-6-4-3-5-7-10/h3-7,14H,1-2H3. The predicted molar refractivity (Wildman–Crippen MR) is 63.9 cm³/mol. The number of hydrogen-bond donors (Lipinski definition) is 1. The topological polar surface area (TPSA) is 57.3 Å². The molecule has 1 atom stereocenters. The van der Waals surface area contributed by atoms with Crippen molar-refractivity contribution >= 4 is 24.4 Å². The Hall–Kier alpha value is -1.25. The van der Waals surface area contributed by atoms with Gasteiger partial charge in [-0.25, -0.2) is 14.5 Å². The van der Waals surface area contributed by atoms with Gasteiger partial charge >= 0.3 is 0 Å². The Morgan fingerprint density at radius 2 is 1.73 bits per heavy atom. The Kier molecular flexibility index (Phi) is 2.55. The quantitative estimate of drug-likeness (QED) is 0.726. The minimum Gasteiger partial charge on any atom is -0.340 e. The largest absolute Gasteiger partial charge is 0.340 e. The molecule has 0 bridgehead atoms. The summed E-state index contributed by atoms with van der Waals surface area (Å²) in [7, 11) is -2.75. The Bertz CT molecular complexity index is 488. The van der Waals surface area contributed by atoms with Crippen LogP contribution < -0.4 is 5.30 Å². The summed E-state index contributed by atoms with van der Waals surface area (Å²) in [5.74, 6) is 1.17. The fraction of sp³-hybridized carbons (Fsp3) is 0.200. The van der Waals surface area contributed by atoms with Gasteiger partial charge in [-0.05, 0) is 26.0 Å². The van der Waals surface area contributed by atoms with Crippen LogP contribution in [0.1, 0.15) is 13.8 Å². The van der Waals surface area contributed by atoms with E-state index in [0.717, 1.165) is 5.30 Å². The molecule has 78 valence electrons. The van der Waals surface area contributed by atoms with Gasteiger partial charge in [0.2, 0.25) is 7.43 Å². The molecule has 1 N–H and O–H groups in total. The summed E-state index contributed by atoms with van der Waals surface area (Å²) in [5.41, 5.74) is 0. The highest BCUT2D eigenvalue weighted by molar-refractivity contribution is 7.67. The van der Waals surface area contributed by atoms with E-state index in [0.29, 0.717) is 11.7 Å². The van der Waals surface area contributed by atoms with E-state index in [-0.39, 0.29) is 0 Å². The highest BCUT2D eigenvalue weighted by Gasteiger charge is 2.21. The lowest BCUT2D eigenvalue weighted by atomic mass is 10.4. The molecule has 1 unspecified atom stereocenters. The smallest absolute Gasteiger partial charge is 0.233 e. The van der Waals surface area contributed by atoms with Crippen molar-refractivity contribution in [1.82, 2.24) is 0 Å². The maximum absolute atomic E-state index is 10.4. The summed E-state index contributed by atoms with van der Waals surface area (Å²) in [6.07, 6.45) is 0. The van der Waals surface area contributed by atoms with Crippen LogP contribution >= 0.6 is 7.43 Å². The zero-order valence-electron chi connectivity index (χ0n) is 8.62. The van der Waals surface area contributed by atoms with Gasteiger partial charge in [-0.3, -0.25) is 0 Å². The number of nitrogens with zero attached hydrogens (tertiary/aromatic N) is 3. The summed E-state index contributed by atoms with van der Waals surface area (Å²) < 4.78 is 8.33. The van der Waals surface area contributed by atoms with Gasteiger partial charge in [0.25, 0.3) is 0 Å². The summed E-state index contributed by atoms with van der Waals surface area (Å²) in [6, 6.07) is 9.32. The van der Waals surface area contributed by atoms with Gasteiger partial charge in [0, 0.05) is 5.30 Å². The molecule has 1 aliphatic rings. The third-order valence-corrected chi connectivity index (χ3v) is 4.12. The van der Waals surface area contributed by atoms with Gasteiger partial charge in [-0.15, -0.1) is 0 Å². The second kappa shape index (κ2) is 3.72. The van der Waals surface area contributed by atoms with Crippen LogP contribution in [0.3, 0.4) is 0 Å².